The summed E-state index contributed by atoms with van der Waals surface area (Å²) in [4.78, 5) is 10.6. The molecule has 0 unspecified atom stereocenters. The Hall–Kier alpha value is -0.388. The number of rotatable bonds is 2. The Kier molecular flexibility index (Phi) is 5.12. The van der Waals surface area contributed by atoms with Crippen LogP contribution in [-0.4, -0.2) is 11.1 Å². The summed E-state index contributed by atoms with van der Waals surface area (Å²) >= 11 is 0. The molecule has 0 amide bonds. The van der Waals surface area contributed by atoms with E-state index in [0.717, 1.165) is 12.0 Å². The standard InChI is InChI=1S/C9H10O2.Cd/c1-2-7-5-3-4-6-8(7)9(10)11;/h3-6H,2H2,1H3,(H,10,11);. The average Bonchev–Trinajstić information content (AvgIpc) is 2.04. The first-order chi connectivity index (χ1) is 5.25. The predicted octanol–water partition coefficient (Wildman–Crippen LogP) is 1.94. The molecule has 0 bridgehead atoms. The van der Waals surface area contributed by atoms with E-state index in [-0.39, 0.29) is 27.3 Å². The number of carbonyl (C=O) groups is 1. The Morgan fingerprint density at radius 3 is 2.42 bits per heavy atom. The van der Waals surface area contributed by atoms with E-state index in [0.29, 0.717) is 5.56 Å². The van der Waals surface area contributed by atoms with E-state index in [1.807, 2.05) is 19.1 Å². The Morgan fingerprint density at radius 1 is 1.42 bits per heavy atom. The van der Waals surface area contributed by atoms with Crippen LogP contribution in [0.25, 0.3) is 0 Å². The van der Waals surface area contributed by atoms with Crippen molar-refractivity contribution in [3.63, 3.8) is 0 Å². The zero-order chi connectivity index (χ0) is 8.27. The number of aromatic carboxylic acids is 1. The predicted molar refractivity (Wildman–Crippen MR) is 42.8 cm³/mol. The quantitative estimate of drug-likeness (QED) is 0.827. The molecule has 0 spiro atoms. The molecule has 0 atom stereocenters. The van der Waals surface area contributed by atoms with Crippen molar-refractivity contribution in [3.8, 4) is 0 Å². The Morgan fingerprint density at radius 2 is 2.00 bits per heavy atom. The van der Waals surface area contributed by atoms with Gasteiger partial charge < -0.3 is 5.11 Å². The van der Waals surface area contributed by atoms with Gasteiger partial charge in [0.25, 0.3) is 0 Å². The molecule has 0 heterocycles. The van der Waals surface area contributed by atoms with Gasteiger partial charge in [-0.05, 0) is 18.1 Å². The van der Waals surface area contributed by atoms with E-state index < -0.39 is 5.97 Å². The number of carboxylic acid groups (broad SMARTS) is 1. The molecule has 0 aliphatic carbocycles. The van der Waals surface area contributed by atoms with Crippen molar-refractivity contribution in [2.75, 3.05) is 0 Å². The second-order valence-electron chi connectivity index (χ2n) is 2.32. The number of hydrogen-bond acceptors (Lipinski definition) is 1. The molecule has 1 aromatic carbocycles. The van der Waals surface area contributed by atoms with Gasteiger partial charge in [0.05, 0.1) is 5.56 Å². The van der Waals surface area contributed by atoms with Crippen LogP contribution in [0.4, 0.5) is 0 Å². The van der Waals surface area contributed by atoms with E-state index >= 15 is 0 Å². The molecule has 0 aliphatic heterocycles. The molecule has 0 fully saturated rings. The molecule has 0 radical (unpaired) electrons. The SMILES string of the molecule is CCc1ccccc1C(=O)O.[Cd]. The van der Waals surface area contributed by atoms with Crippen molar-refractivity contribution in [1.82, 2.24) is 0 Å². The second-order valence-corrected chi connectivity index (χ2v) is 2.32. The Bertz CT molecular complexity index is 271. The molecular weight excluding hydrogens is 253 g/mol. The number of aryl methyl sites for hydroxylation is 1. The van der Waals surface area contributed by atoms with Gasteiger partial charge in [-0.3, -0.25) is 0 Å². The summed E-state index contributed by atoms with van der Waals surface area (Å²) in [6.45, 7) is 1.95. The molecule has 60 valence electrons. The molecule has 1 rings (SSSR count). The smallest absolute Gasteiger partial charge is 0.335 e. The van der Waals surface area contributed by atoms with E-state index in [1.54, 1.807) is 12.1 Å². The molecule has 0 aliphatic rings. The normalized spacial score (nSPS) is 8.75. The van der Waals surface area contributed by atoms with Crippen molar-refractivity contribution in [2.24, 2.45) is 0 Å². The fraction of sp³-hybridized carbons (Fsp3) is 0.222. The van der Waals surface area contributed by atoms with Crippen molar-refractivity contribution in [2.45, 2.75) is 13.3 Å². The Balaban J connectivity index is 0.00000121. The largest absolute Gasteiger partial charge is 0.478 e. The maximum atomic E-state index is 10.6. The fourth-order valence-electron chi connectivity index (χ4n) is 1.04. The minimum atomic E-state index is -0.845. The fourth-order valence-corrected chi connectivity index (χ4v) is 1.04. The van der Waals surface area contributed by atoms with Gasteiger partial charge in [-0.2, -0.15) is 0 Å². The van der Waals surface area contributed by atoms with Gasteiger partial charge in [0.15, 0.2) is 0 Å². The van der Waals surface area contributed by atoms with Crippen LogP contribution in [0, 0.1) is 0 Å². The first kappa shape index (κ1) is 11.6. The van der Waals surface area contributed by atoms with Crippen molar-refractivity contribution in [3.05, 3.63) is 35.4 Å². The van der Waals surface area contributed by atoms with Crippen LogP contribution < -0.4 is 0 Å². The molecule has 12 heavy (non-hydrogen) atoms. The van der Waals surface area contributed by atoms with Gasteiger partial charge in [-0.15, -0.1) is 0 Å². The van der Waals surface area contributed by atoms with E-state index in [9.17, 15) is 4.79 Å². The maximum Gasteiger partial charge on any atom is 0.335 e. The van der Waals surface area contributed by atoms with Crippen molar-refractivity contribution >= 4 is 5.97 Å². The zero-order valence-electron chi connectivity index (χ0n) is 7.08. The monoisotopic (exact) mass is 264 g/mol. The number of hydrogen-bond donors (Lipinski definition) is 1. The van der Waals surface area contributed by atoms with E-state index in [4.69, 9.17) is 5.11 Å². The third-order valence-corrected chi connectivity index (χ3v) is 1.63. The third kappa shape index (κ3) is 2.58. The van der Waals surface area contributed by atoms with Crippen LogP contribution in [0.3, 0.4) is 0 Å². The summed E-state index contributed by atoms with van der Waals surface area (Å²) in [7, 11) is 0. The van der Waals surface area contributed by atoms with Gasteiger partial charge in [-0.25, -0.2) is 4.79 Å². The molecule has 1 aromatic rings. The van der Waals surface area contributed by atoms with Crippen molar-refractivity contribution < 1.29 is 37.2 Å². The molecule has 0 saturated heterocycles. The molecule has 2 nitrogen and oxygen atoms in total. The van der Waals surface area contributed by atoms with Crippen LogP contribution in [0.5, 0.6) is 0 Å². The van der Waals surface area contributed by atoms with Crippen LogP contribution in [0.1, 0.15) is 22.8 Å². The second kappa shape index (κ2) is 5.29. The molecule has 1 N–H and O–H groups in total. The van der Waals surface area contributed by atoms with Crippen LogP contribution in [0.2, 0.25) is 0 Å². The van der Waals surface area contributed by atoms with Crippen LogP contribution in [-0.2, 0) is 33.7 Å². The zero-order valence-corrected chi connectivity index (χ0v) is 11.1. The van der Waals surface area contributed by atoms with Gasteiger partial charge in [0.1, 0.15) is 0 Å². The Labute approximate surface area is 91.8 Å². The average molecular weight is 263 g/mol. The molecule has 3 heteroatoms. The van der Waals surface area contributed by atoms with Crippen molar-refractivity contribution in [1.29, 1.82) is 0 Å². The summed E-state index contributed by atoms with van der Waals surface area (Å²) in [5, 5.41) is 8.70. The summed E-state index contributed by atoms with van der Waals surface area (Å²) in [5.41, 5.74) is 1.30. The van der Waals surface area contributed by atoms with E-state index in [1.165, 1.54) is 0 Å². The third-order valence-electron chi connectivity index (χ3n) is 1.63. The van der Waals surface area contributed by atoms with Crippen LogP contribution >= 0.6 is 0 Å². The minimum absolute atomic E-state index is 0. The summed E-state index contributed by atoms with van der Waals surface area (Å²) in [5.74, 6) is -0.845. The summed E-state index contributed by atoms with van der Waals surface area (Å²) in [6, 6.07) is 7.05. The van der Waals surface area contributed by atoms with Gasteiger partial charge in [0, 0.05) is 27.3 Å². The first-order valence-electron chi connectivity index (χ1n) is 3.57. The first-order valence-corrected chi connectivity index (χ1v) is 3.57. The topological polar surface area (TPSA) is 37.3 Å². The molecular formula is C9H10CdO2. The number of carboxylic acids is 1. The number of benzene rings is 1. The summed E-state index contributed by atoms with van der Waals surface area (Å²) < 4.78 is 0. The van der Waals surface area contributed by atoms with E-state index in [2.05, 4.69) is 0 Å². The van der Waals surface area contributed by atoms with Crippen LogP contribution in [0.15, 0.2) is 24.3 Å². The minimum Gasteiger partial charge on any atom is -0.478 e. The maximum absolute atomic E-state index is 10.6. The van der Waals surface area contributed by atoms with Gasteiger partial charge >= 0.3 is 5.97 Å². The van der Waals surface area contributed by atoms with Gasteiger partial charge in [0.2, 0.25) is 0 Å². The molecule has 0 aromatic heterocycles. The summed E-state index contributed by atoms with van der Waals surface area (Å²) in [6.07, 6.45) is 0.766. The van der Waals surface area contributed by atoms with Gasteiger partial charge in [-0.1, -0.05) is 25.1 Å². The molecule has 0 saturated carbocycles.